The number of aromatic amines is 1. The quantitative estimate of drug-likeness (QED) is 0.747. The van der Waals surface area contributed by atoms with Gasteiger partial charge in [0, 0.05) is 12.8 Å². The Balaban J connectivity index is 1.52. The molecule has 1 aromatic carbocycles. The molecule has 0 spiro atoms. The summed E-state index contributed by atoms with van der Waals surface area (Å²) in [4.78, 5) is 19.4. The van der Waals surface area contributed by atoms with Gasteiger partial charge in [-0.15, -0.1) is 0 Å². The summed E-state index contributed by atoms with van der Waals surface area (Å²) in [7, 11) is 0. The predicted octanol–water partition coefficient (Wildman–Crippen LogP) is 2.40. The summed E-state index contributed by atoms with van der Waals surface area (Å²) >= 11 is 0. The minimum atomic E-state index is -0.0122. The third-order valence-electron chi connectivity index (χ3n) is 3.07. The molecule has 0 aliphatic heterocycles. The van der Waals surface area contributed by atoms with Gasteiger partial charge in [-0.25, -0.2) is 4.98 Å². The van der Waals surface area contributed by atoms with Gasteiger partial charge in [-0.1, -0.05) is 12.1 Å². The fourth-order valence-corrected chi connectivity index (χ4v) is 2.04. The van der Waals surface area contributed by atoms with Crippen LogP contribution in [0.3, 0.4) is 0 Å². The van der Waals surface area contributed by atoms with Crippen LogP contribution in [-0.4, -0.2) is 15.9 Å². The number of fused-ring (bicyclic) bond motifs is 1. The summed E-state index contributed by atoms with van der Waals surface area (Å²) in [6.07, 6.45) is 2.59. The molecule has 0 saturated heterocycles. The normalized spacial score (nSPS) is 10.8. The van der Waals surface area contributed by atoms with E-state index in [0.717, 1.165) is 22.6 Å². The number of nitrogens with zero attached hydrogens (tertiary/aromatic N) is 1. The first-order valence-corrected chi connectivity index (χ1v) is 6.54. The van der Waals surface area contributed by atoms with Crippen molar-refractivity contribution >= 4 is 16.9 Å². The first-order chi connectivity index (χ1) is 9.81. The number of para-hydroxylation sites is 2. The lowest BCUT2D eigenvalue weighted by Gasteiger charge is -2.01. The van der Waals surface area contributed by atoms with Crippen molar-refractivity contribution in [1.29, 1.82) is 0 Å². The molecule has 2 N–H and O–H groups in total. The van der Waals surface area contributed by atoms with Crippen molar-refractivity contribution in [3.8, 4) is 0 Å². The van der Waals surface area contributed by atoms with E-state index in [1.807, 2.05) is 30.3 Å². The van der Waals surface area contributed by atoms with E-state index in [1.165, 1.54) is 0 Å². The molecule has 0 bridgehead atoms. The fraction of sp³-hybridized carbons (Fsp3) is 0.200. The lowest BCUT2D eigenvalue weighted by atomic mass is 10.3. The molecule has 3 aromatic rings. The first kappa shape index (κ1) is 12.5. The zero-order valence-electron chi connectivity index (χ0n) is 10.9. The zero-order chi connectivity index (χ0) is 13.8. The highest BCUT2D eigenvalue weighted by Crippen LogP contribution is 2.11. The van der Waals surface area contributed by atoms with E-state index in [-0.39, 0.29) is 5.91 Å². The van der Waals surface area contributed by atoms with Crippen molar-refractivity contribution in [2.75, 3.05) is 0 Å². The van der Waals surface area contributed by atoms with Crippen LogP contribution in [0.25, 0.3) is 11.0 Å². The molecule has 5 heteroatoms. The topological polar surface area (TPSA) is 70.9 Å². The number of nitrogens with one attached hydrogen (secondary N) is 2. The molecule has 0 unspecified atom stereocenters. The van der Waals surface area contributed by atoms with Gasteiger partial charge in [0.1, 0.15) is 11.6 Å². The average molecular weight is 269 g/mol. The molecule has 1 amide bonds. The molecule has 0 saturated carbocycles. The Hall–Kier alpha value is -2.56. The summed E-state index contributed by atoms with van der Waals surface area (Å²) in [6, 6.07) is 11.5. The van der Waals surface area contributed by atoms with Crippen molar-refractivity contribution in [3.05, 3.63) is 54.2 Å². The number of aromatic nitrogens is 2. The standard InChI is InChI=1S/C15H15N3O2/c19-15(16-10-11-4-3-9-20-11)8-7-14-17-12-5-1-2-6-13(12)18-14/h1-6,9H,7-8,10H2,(H,16,19)(H,17,18). The van der Waals surface area contributed by atoms with Gasteiger partial charge in [-0.3, -0.25) is 4.79 Å². The largest absolute Gasteiger partial charge is 0.467 e. The minimum absolute atomic E-state index is 0.0122. The predicted molar refractivity (Wildman–Crippen MR) is 75.0 cm³/mol. The summed E-state index contributed by atoms with van der Waals surface area (Å²) < 4.78 is 5.15. The highest BCUT2D eigenvalue weighted by atomic mass is 16.3. The first-order valence-electron chi connectivity index (χ1n) is 6.54. The maximum atomic E-state index is 11.7. The van der Waals surface area contributed by atoms with Crippen LogP contribution >= 0.6 is 0 Å². The summed E-state index contributed by atoms with van der Waals surface area (Å²) in [6.45, 7) is 0.423. The summed E-state index contributed by atoms with van der Waals surface area (Å²) in [5, 5.41) is 2.81. The Labute approximate surface area is 116 Å². The maximum Gasteiger partial charge on any atom is 0.220 e. The molecule has 0 fully saturated rings. The Morgan fingerprint density at radius 3 is 2.95 bits per heavy atom. The number of furan rings is 1. The zero-order valence-corrected chi connectivity index (χ0v) is 10.9. The third kappa shape index (κ3) is 2.88. The van der Waals surface area contributed by atoms with E-state index in [1.54, 1.807) is 12.3 Å². The number of carbonyl (C=O) groups is 1. The molecule has 102 valence electrons. The lowest BCUT2D eigenvalue weighted by molar-refractivity contribution is -0.121. The molecular formula is C15H15N3O2. The van der Waals surface area contributed by atoms with Crippen LogP contribution in [0.1, 0.15) is 18.0 Å². The van der Waals surface area contributed by atoms with Crippen molar-refractivity contribution in [2.24, 2.45) is 0 Å². The van der Waals surface area contributed by atoms with Gasteiger partial charge in [0.25, 0.3) is 0 Å². The van der Waals surface area contributed by atoms with Crippen LogP contribution in [-0.2, 0) is 17.8 Å². The highest BCUT2D eigenvalue weighted by molar-refractivity contribution is 5.77. The fourth-order valence-electron chi connectivity index (χ4n) is 2.04. The molecule has 0 aliphatic rings. The molecule has 0 atom stereocenters. The van der Waals surface area contributed by atoms with Crippen molar-refractivity contribution in [1.82, 2.24) is 15.3 Å². The van der Waals surface area contributed by atoms with E-state index in [9.17, 15) is 4.79 Å². The number of hydrogen-bond donors (Lipinski definition) is 2. The minimum Gasteiger partial charge on any atom is -0.467 e. The molecule has 2 heterocycles. The lowest BCUT2D eigenvalue weighted by Crippen LogP contribution is -2.22. The molecule has 0 radical (unpaired) electrons. The van der Waals surface area contributed by atoms with E-state index in [0.29, 0.717) is 19.4 Å². The Bertz CT molecular complexity index is 668. The van der Waals surface area contributed by atoms with E-state index in [4.69, 9.17) is 4.42 Å². The number of aryl methyl sites for hydroxylation is 1. The summed E-state index contributed by atoms with van der Waals surface area (Å²) in [5.41, 5.74) is 1.93. The Morgan fingerprint density at radius 1 is 1.25 bits per heavy atom. The van der Waals surface area contributed by atoms with Crippen molar-refractivity contribution in [2.45, 2.75) is 19.4 Å². The number of carbonyl (C=O) groups excluding carboxylic acids is 1. The van der Waals surface area contributed by atoms with Crippen LogP contribution in [0.15, 0.2) is 47.1 Å². The van der Waals surface area contributed by atoms with Crippen LogP contribution in [0.2, 0.25) is 0 Å². The maximum absolute atomic E-state index is 11.7. The van der Waals surface area contributed by atoms with Crippen molar-refractivity contribution in [3.63, 3.8) is 0 Å². The van der Waals surface area contributed by atoms with Gasteiger partial charge in [0.15, 0.2) is 0 Å². The van der Waals surface area contributed by atoms with Gasteiger partial charge >= 0.3 is 0 Å². The highest BCUT2D eigenvalue weighted by Gasteiger charge is 2.06. The summed E-state index contributed by atoms with van der Waals surface area (Å²) in [5.74, 6) is 1.57. The van der Waals surface area contributed by atoms with Crippen LogP contribution in [0.5, 0.6) is 0 Å². The molecular weight excluding hydrogens is 254 g/mol. The second kappa shape index (κ2) is 5.61. The second-order valence-corrected chi connectivity index (χ2v) is 4.56. The average Bonchev–Trinajstić information content (AvgIpc) is 3.11. The van der Waals surface area contributed by atoms with Gasteiger partial charge in [0.05, 0.1) is 23.8 Å². The van der Waals surface area contributed by atoms with E-state index >= 15 is 0 Å². The number of hydrogen-bond acceptors (Lipinski definition) is 3. The number of imidazole rings is 1. The molecule has 0 aliphatic carbocycles. The van der Waals surface area contributed by atoms with Gasteiger partial charge in [0.2, 0.25) is 5.91 Å². The smallest absolute Gasteiger partial charge is 0.220 e. The SMILES string of the molecule is O=C(CCc1nc2ccccc2[nH]1)NCc1ccco1. The molecule has 2 aromatic heterocycles. The van der Waals surface area contributed by atoms with Crippen LogP contribution in [0, 0.1) is 0 Å². The second-order valence-electron chi connectivity index (χ2n) is 4.56. The molecule has 5 nitrogen and oxygen atoms in total. The van der Waals surface area contributed by atoms with Crippen molar-refractivity contribution < 1.29 is 9.21 Å². The monoisotopic (exact) mass is 269 g/mol. The van der Waals surface area contributed by atoms with Crippen LogP contribution < -0.4 is 5.32 Å². The Morgan fingerprint density at radius 2 is 2.15 bits per heavy atom. The molecule has 3 rings (SSSR count). The van der Waals surface area contributed by atoms with Crippen LogP contribution in [0.4, 0.5) is 0 Å². The van der Waals surface area contributed by atoms with E-state index in [2.05, 4.69) is 15.3 Å². The van der Waals surface area contributed by atoms with Gasteiger partial charge in [-0.2, -0.15) is 0 Å². The number of amides is 1. The number of H-pyrrole nitrogens is 1. The van der Waals surface area contributed by atoms with E-state index < -0.39 is 0 Å². The molecule has 20 heavy (non-hydrogen) atoms. The van der Waals surface area contributed by atoms with Gasteiger partial charge in [-0.05, 0) is 24.3 Å². The Kier molecular flexibility index (Phi) is 3.50. The van der Waals surface area contributed by atoms with Gasteiger partial charge < -0.3 is 14.7 Å². The third-order valence-corrected chi connectivity index (χ3v) is 3.07. The number of benzene rings is 1. The number of rotatable bonds is 5.